The first kappa shape index (κ1) is 18.9. The Kier molecular flexibility index (Phi) is 8.79. The van der Waals surface area contributed by atoms with E-state index in [0.717, 1.165) is 7.11 Å². The zero-order valence-electron chi connectivity index (χ0n) is 11.7. The van der Waals surface area contributed by atoms with Crippen LogP contribution in [0.15, 0.2) is 54.6 Å². The number of phenolic OH excluding ortho intramolecular Hbond substituents is 2. The maximum atomic E-state index is 9.33. The molecule has 0 aromatic heterocycles. The molecule has 2 aromatic carbocycles. The maximum absolute atomic E-state index is 9.33. The molecule has 0 atom stereocenters. The Bertz CT molecular complexity index is 572. The summed E-state index contributed by atoms with van der Waals surface area (Å²) < 4.78 is 29.7. The third kappa shape index (κ3) is 12.7. The highest BCUT2D eigenvalue weighted by molar-refractivity contribution is 7.80. The van der Waals surface area contributed by atoms with E-state index >= 15 is 0 Å². The molecular formula is C14H18O6S. The molecule has 2 rings (SSSR count). The van der Waals surface area contributed by atoms with Crippen molar-refractivity contribution in [3.05, 3.63) is 60.2 Å². The minimum absolute atomic E-state index is 0.169. The molecule has 0 aliphatic carbocycles. The van der Waals surface area contributed by atoms with E-state index in [9.17, 15) is 8.42 Å². The van der Waals surface area contributed by atoms with Crippen molar-refractivity contribution in [2.24, 2.45) is 0 Å². The van der Waals surface area contributed by atoms with Crippen LogP contribution in [0.25, 0.3) is 0 Å². The highest BCUT2D eigenvalue weighted by atomic mass is 32.3. The second-order valence-electron chi connectivity index (χ2n) is 3.77. The van der Waals surface area contributed by atoms with Crippen LogP contribution < -0.4 is 0 Å². The van der Waals surface area contributed by atoms with E-state index in [0.29, 0.717) is 0 Å². The monoisotopic (exact) mass is 314 g/mol. The van der Waals surface area contributed by atoms with Crippen molar-refractivity contribution in [3.8, 4) is 11.5 Å². The second kappa shape index (κ2) is 9.76. The van der Waals surface area contributed by atoms with E-state index in [1.54, 1.807) is 0 Å². The average Bonchev–Trinajstić information content (AvgIpc) is 2.44. The number of benzene rings is 2. The fraction of sp³-hybridized carbons (Fsp3) is 0.143. The number of rotatable bonds is 1. The fourth-order valence-electron chi connectivity index (χ4n) is 0.987. The van der Waals surface area contributed by atoms with Crippen LogP contribution in [0.5, 0.6) is 11.5 Å². The van der Waals surface area contributed by atoms with Crippen LogP contribution >= 0.6 is 0 Å². The van der Waals surface area contributed by atoms with Gasteiger partial charge in [-0.3, -0.25) is 8.74 Å². The van der Waals surface area contributed by atoms with E-state index in [-0.39, 0.29) is 11.5 Å². The zero-order chi connectivity index (χ0) is 16.3. The number of hydrogen-bond acceptors (Lipinski definition) is 5. The Balaban J connectivity index is 0.000000290. The summed E-state index contributed by atoms with van der Waals surface area (Å²) in [7, 11) is -3.29. The smallest absolute Gasteiger partial charge is 0.397 e. The van der Waals surface area contributed by atoms with E-state index in [1.807, 2.05) is 18.2 Å². The summed E-state index contributed by atoms with van der Waals surface area (Å²) in [5.41, 5.74) is 1.32. The summed E-state index contributed by atoms with van der Waals surface area (Å²) in [6.07, 6.45) is 0. The quantitative estimate of drug-likeness (QED) is 0.552. The summed E-state index contributed by atoms with van der Waals surface area (Å²) >= 11 is 0. The Hall–Kier alpha value is -2.09. The topological polar surface area (TPSA) is 104 Å². The second-order valence-corrected chi connectivity index (χ2v) is 4.95. The molecule has 0 aliphatic rings. The fourth-order valence-corrected chi connectivity index (χ4v) is 0.987. The molecule has 0 radical (unpaired) electrons. The van der Waals surface area contributed by atoms with E-state index < -0.39 is 10.4 Å². The van der Waals surface area contributed by atoms with Gasteiger partial charge >= 0.3 is 10.4 Å². The Morgan fingerprint density at radius 2 is 1.19 bits per heavy atom. The van der Waals surface area contributed by atoms with Gasteiger partial charge in [-0.2, -0.15) is 8.42 Å². The summed E-state index contributed by atoms with van der Waals surface area (Å²) in [5.74, 6) is 0.339. The predicted molar refractivity (Wildman–Crippen MR) is 79.5 cm³/mol. The molecule has 3 N–H and O–H groups in total. The highest BCUT2D eigenvalue weighted by Crippen LogP contribution is 2.13. The molecule has 2 aromatic rings. The molecule has 21 heavy (non-hydrogen) atoms. The van der Waals surface area contributed by atoms with E-state index in [4.69, 9.17) is 14.8 Å². The predicted octanol–water partition coefficient (Wildman–Crippen LogP) is 2.53. The normalized spacial score (nSPS) is 9.67. The lowest BCUT2D eigenvalue weighted by atomic mass is 10.2. The van der Waals surface area contributed by atoms with Crippen LogP contribution in [0.1, 0.15) is 5.56 Å². The number of phenols is 2. The molecule has 0 saturated heterocycles. The molecule has 0 heterocycles. The van der Waals surface area contributed by atoms with Crippen molar-refractivity contribution in [2.45, 2.75) is 6.92 Å². The summed E-state index contributed by atoms with van der Waals surface area (Å²) in [6.45, 7) is 2.08. The molecule has 0 bridgehead atoms. The van der Waals surface area contributed by atoms with Gasteiger partial charge in [-0.1, -0.05) is 35.9 Å². The Labute approximate surface area is 124 Å². The molecular weight excluding hydrogens is 296 g/mol. The number of aromatic hydroxyl groups is 2. The first-order valence-electron chi connectivity index (χ1n) is 5.77. The van der Waals surface area contributed by atoms with Crippen LogP contribution in [0.4, 0.5) is 0 Å². The lowest BCUT2D eigenvalue weighted by Crippen LogP contribution is -1.96. The van der Waals surface area contributed by atoms with Crippen molar-refractivity contribution in [3.63, 3.8) is 0 Å². The molecule has 7 heteroatoms. The molecule has 0 spiro atoms. The van der Waals surface area contributed by atoms with Crippen molar-refractivity contribution < 1.29 is 27.4 Å². The van der Waals surface area contributed by atoms with Gasteiger partial charge in [0.2, 0.25) is 0 Å². The lowest BCUT2D eigenvalue weighted by Gasteiger charge is -1.88. The van der Waals surface area contributed by atoms with Crippen molar-refractivity contribution >= 4 is 10.4 Å². The van der Waals surface area contributed by atoms with Crippen LogP contribution in [-0.4, -0.2) is 30.3 Å². The maximum Gasteiger partial charge on any atom is 0.397 e. The van der Waals surface area contributed by atoms with Crippen LogP contribution in [-0.2, 0) is 14.6 Å². The molecule has 0 saturated carbocycles. The minimum atomic E-state index is -4.16. The van der Waals surface area contributed by atoms with Crippen molar-refractivity contribution in [1.29, 1.82) is 0 Å². The third-order valence-electron chi connectivity index (χ3n) is 2.00. The van der Waals surface area contributed by atoms with Crippen LogP contribution in [0.3, 0.4) is 0 Å². The van der Waals surface area contributed by atoms with Gasteiger partial charge in [0.25, 0.3) is 0 Å². The number of hydrogen-bond donors (Lipinski definition) is 3. The van der Waals surface area contributed by atoms with Crippen molar-refractivity contribution in [2.75, 3.05) is 7.11 Å². The van der Waals surface area contributed by atoms with Crippen LogP contribution in [0.2, 0.25) is 0 Å². The van der Waals surface area contributed by atoms with Gasteiger partial charge < -0.3 is 10.2 Å². The molecule has 0 unspecified atom stereocenters. The molecule has 116 valence electrons. The zero-order valence-corrected chi connectivity index (χ0v) is 12.5. The minimum Gasteiger partial charge on any atom is -0.508 e. The SMILES string of the molecule is COS(=O)(=O)O.Cc1ccccc1.Oc1ccc(O)cc1. The molecule has 0 amide bonds. The van der Waals surface area contributed by atoms with Crippen molar-refractivity contribution in [1.82, 2.24) is 0 Å². The molecule has 6 nitrogen and oxygen atoms in total. The van der Waals surface area contributed by atoms with Gasteiger partial charge in [0.05, 0.1) is 7.11 Å². The van der Waals surface area contributed by atoms with Gasteiger partial charge in [0.15, 0.2) is 0 Å². The van der Waals surface area contributed by atoms with E-state index in [2.05, 4.69) is 23.2 Å². The third-order valence-corrected chi connectivity index (χ3v) is 2.42. The molecule has 0 aliphatic heterocycles. The first-order valence-corrected chi connectivity index (χ1v) is 7.14. The summed E-state index contributed by atoms with van der Waals surface area (Å²) in [6, 6.07) is 16.0. The Morgan fingerprint density at radius 1 is 0.857 bits per heavy atom. The summed E-state index contributed by atoms with van der Waals surface area (Å²) in [5, 5.41) is 17.3. The van der Waals surface area contributed by atoms with Gasteiger partial charge in [0.1, 0.15) is 11.5 Å². The summed E-state index contributed by atoms with van der Waals surface area (Å²) in [4.78, 5) is 0. The van der Waals surface area contributed by atoms with Gasteiger partial charge in [-0.25, -0.2) is 0 Å². The van der Waals surface area contributed by atoms with Crippen LogP contribution in [0, 0.1) is 6.92 Å². The number of aryl methyl sites for hydroxylation is 1. The standard InChI is InChI=1S/C7H8.C6H6O2.CH4O4S/c1-7-5-3-2-4-6-7;7-5-1-2-6(8)4-3-5;1-5-6(2,3)4/h2-6H,1H3;1-4,7-8H;1H3,(H,2,3,4). The molecule has 0 fully saturated rings. The Morgan fingerprint density at radius 3 is 1.38 bits per heavy atom. The van der Waals surface area contributed by atoms with E-state index in [1.165, 1.54) is 29.8 Å². The highest BCUT2D eigenvalue weighted by Gasteiger charge is 1.94. The first-order chi connectivity index (χ1) is 9.74. The average molecular weight is 314 g/mol. The van der Waals surface area contributed by atoms with Gasteiger partial charge in [-0.05, 0) is 31.2 Å². The van der Waals surface area contributed by atoms with Gasteiger partial charge in [0, 0.05) is 0 Å². The lowest BCUT2D eigenvalue weighted by molar-refractivity contribution is 0.324. The largest absolute Gasteiger partial charge is 0.508 e. The van der Waals surface area contributed by atoms with Gasteiger partial charge in [-0.15, -0.1) is 0 Å².